The van der Waals surface area contributed by atoms with Gasteiger partial charge in [0.1, 0.15) is 0 Å². The Morgan fingerprint density at radius 2 is 1.71 bits per heavy atom. The molecule has 1 aromatic carbocycles. The molecule has 0 bridgehead atoms. The van der Waals surface area contributed by atoms with Crippen LogP contribution in [0.1, 0.15) is 27.4 Å². The van der Waals surface area contributed by atoms with Crippen molar-refractivity contribution in [3.05, 3.63) is 39.5 Å². The zero-order chi connectivity index (χ0) is 12.6. The van der Waals surface area contributed by atoms with Gasteiger partial charge in [0.15, 0.2) is 0 Å². The van der Waals surface area contributed by atoms with Gasteiger partial charge in [0.25, 0.3) is 0 Å². The number of hydrogen-bond donors (Lipinski definition) is 1. The van der Waals surface area contributed by atoms with Crippen LogP contribution in [0.5, 0.6) is 0 Å². The second kappa shape index (κ2) is 4.59. The second-order valence-corrected chi connectivity index (χ2v) is 5.69. The van der Waals surface area contributed by atoms with Crippen LogP contribution in [0.4, 0.5) is 0 Å². The fourth-order valence-electron chi connectivity index (χ4n) is 2.34. The standard InChI is InChI=1S/C14H18N2S/c1-8-5-9(2)13(10(3)6-8)14-12(7-15)16-11(4)17-14/h5-6H,7,15H2,1-4H3. The van der Waals surface area contributed by atoms with Crippen LogP contribution < -0.4 is 5.73 Å². The summed E-state index contributed by atoms with van der Waals surface area (Å²) in [4.78, 5) is 5.74. The molecule has 0 radical (unpaired) electrons. The third-order valence-corrected chi connectivity index (χ3v) is 3.93. The number of nitrogens with zero attached hydrogens (tertiary/aromatic N) is 1. The minimum Gasteiger partial charge on any atom is -0.325 e. The molecule has 3 heteroatoms. The second-order valence-electron chi connectivity index (χ2n) is 4.49. The lowest BCUT2D eigenvalue weighted by atomic mass is 9.98. The smallest absolute Gasteiger partial charge is 0.0904 e. The summed E-state index contributed by atoms with van der Waals surface area (Å²) in [6.45, 7) is 8.99. The van der Waals surface area contributed by atoms with E-state index in [0.29, 0.717) is 6.54 Å². The Bertz CT molecular complexity index is 532. The normalized spacial score (nSPS) is 10.9. The summed E-state index contributed by atoms with van der Waals surface area (Å²) in [5.41, 5.74) is 12.0. The monoisotopic (exact) mass is 246 g/mol. The molecule has 0 saturated carbocycles. The van der Waals surface area contributed by atoms with Gasteiger partial charge >= 0.3 is 0 Å². The van der Waals surface area contributed by atoms with Crippen molar-refractivity contribution in [1.29, 1.82) is 0 Å². The van der Waals surface area contributed by atoms with Crippen LogP contribution in [0.2, 0.25) is 0 Å². The van der Waals surface area contributed by atoms with E-state index in [9.17, 15) is 0 Å². The van der Waals surface area contributed by atoms with Crippen molar-refractivity contribution in [2.75, 3.05) is 0 Å². The van der Waals surface area contributed by atoms with E-state index in [1.165, 1.54) is 27.1 Å². The van der Waals surface area contributed by atoms with E-state index >= 15 is 0 Å². The average molecular weight is 246 g/mol. The van der Waals surface area contributed by atoms with Crippen molar-refractivity contribution in [2.24, 2.45) is 5.73 Å². The number of thiazole rings is 1. The lowest BCUT2D eigenvalue weighted by Gasteiger charge is -2.10. The summed E-state index contributed by atoms with van der Waals surface area (Å²) >= 11 is 1.74. The molecule has 0 fully saturated rings. The Balaban J connectivity index is 2.67. The number of hydrogen-bond acceptors (Lipinski definition) is 3. The highest BCUT2D eigenvalue weighted by atomic mass is 32.1. The Morgan fingerprint density at radius 3 is 2.24 bits per heavy atom. The van der Waals surface area contributed by atoms with Gasteiger partial charge in [0.2, 0.25) is 0 Å². The number of nitrogens with two attached hydrogens (primary N) is 1. The van der Waals surface area contributed by atoms with Gasteiger partial charge in [0, 0.05) is 6.54 Å². The van der Waals surface area contributed by atoms with Crippen molar-refractivity contribution in [1.82, 2.24) is 4.98 Å². The molecule has 2 N–H and O–H groups in total. The maximum atomic E-state index is 5.78. The van der Waals surface area contributed by atoms with Gasteiger partial charge < -0.3 is 5.73 Å². The first-order valence-corrected chi connectivity index (χ1v) is 6.59. The van der Waals surface area contributed by atoms with Crippen LogP contribution in [0.15, 0.2) is 12.1 Å². The summed E-state index contributed by atoms with van der Waals surface area (Å²) in [6, 6.07) is 4.44. The van der Waals surface area contributed by atoms with Gasteiger partial charge in [0.05, 0.1) is 15.6 Å². The Morgan fingerprint density at radius 1 is 1.12 bits per heavy atom. The summed E-state index contributed by atoms with van der Waals surface area (Å²) in [6.07, 6.45) is 0. The molecule has 0 aliphatic heterocycles. The first-order valence-electron chi connectivity index (χ1n) is 5.77. The molecule has 0 unspecified atom stereocenters. The van der Waals surface area contributed by atoms with E-state index in [1.54, 1.807) is 11.3 Å². The van der Waals surface area contributed by atoms with Gasteiger partial charge in [-0.3, -0.25) is 0 Å². The molecule has 0 amide bonds. The highest BCUT2D eigenvalue weighted by Gasteiger charge is 2.14. The maximum absolute atomic E-state index is 5.78. The maximum Gasteiger partial charge on any atom is 0.0904 e. The van der Waals surface area contributed by atoms with E-state index < -0.39 is 0 Å². The minimum absolute atomic E-state index is 0.506. The van der Waals surface area contributed by atoms with Crippen molar-refractivity contribution in [3.8, 4) is 10.4 Å². The molecular weight excluding hydrogens is 228 g/mol. The average Bonchev–Trinajstić information content (AvgIpc) is 2.58. The SMILES string of the molecule is Cc1cc(C)c(-c2sc(C)nc2CN)c(C)c1. The molecule has 2 nitrogen and oxygen atoms in total. The molecular formula is C14H18N2S. The molecule has 2 aromatic rings. The predicted molar refractivity (Wildman–Crippen MR) is 74.4 cm³/mol. The van der Waals surface area contributed by atoms with Gasteiger partial charge in [-0.15, -0.1) is 11.3 Å². The molecule has 17 heavy (non-hydrogen) atoms. The van der Waals surface area contributed by atoms with Crippen LogP contribution in [-0.4, -0.2) is 4.98 Å². The zero-order valence-corrected chi connectivity index (χ0v) is 11.6. The van der Waals surface area contributed by atoms with Crippen molar-refractivity contribution in [2.45, 2.75) is 34.2 Å². The summed E-state index contributed by atoms with van der Waals surface area (Å²) in [7, 11) is 0. The van der Waals surface area contributed by atoms with E-state index in [-0.39, 0.29) is 0 Å². The number of rotatable bonds is 2. The predicted octanol–water partition coefficient (Wildman–Crippen LogP) is 3.50. The topological polar surface area (TPSA) is 38.9 Å². The van der Waals surface area contributed by atoms with Crippen molar-refractivity contribution in [3.63, 3.8) is 0 Å². The van der Waals surface area contributed by atoms with Crippen LogP contribution >= 0.6 is 11.3 Å². The largest absolute Gasteiger partial charge is 0.325 e. The fourth-order valence-corrected chi connectivity index (χ4v) is 3.46. The van der Waals surface area contributed by atoms with Gasteiger partial charge in [-0.05, 0) is 44.4 Å². The lowest BCUT2D eigenvalue weighted by molar-refractivity contribution is 1.000. The molecule has 0 atom stereocenters. The lowest BCUT2D eigenvalue weighted by Crippen LogP contribution is -1.99. The van der Waals surface area contributed by atoms with Crippen LogP contribution in [-0.2, 0) is 6.54 Å². The summed E-state index contributed by atoms with van der Waals surface area (Å²) in [5, 5.41) is 1.08. The molecule has 0 aliphatic rings. The third-order valence-electron chi connectivity index (χ3n) is 2.90. The van der Waals surface area contributed by atoms with Gasteiger partial charge in [-0.1, -0.05) is 17.7 Å². The van der Waals surface area contributed by atoms with Crippen molar-refractivity contribution < 1.29 is 0 Å². The summed E-state index contributed by atoms with van der Waals surface area (Å²) < 4.78 is 0. The quantitative estimate of drug-likeness (QED) is 0.880. The molecule has 0 aliphatic carbocycles. The zero-order valence-electron chi connectivity index (χ0n) is 10.8. The third kappa shape index (κ3) is 2.26. The fraction of sp³-hybridized carbons (Fsp3) is 0.357. The number of aryl methyl sites for hydroxylation is 4. The van der Waals surface area contributed by atoms with Crippen LogP contribution in [0.25, 0.3) is 10.4 Å². The van der Waals surface area contributed by atoms with E-state index in [0.717, 1.165) is 10.7 Å². The van der Waals surface area contributed by atoms with Crippen molar-refractivity contribution >= 4 is 11.3 Å². The Kier molecular flexibility index (Phi) is 3.31. The Labute approximate surface area is 107 Å². The van der Waals surface area contributed by atoms with Gasteiger partial charge in [-0.2, -0.15) is 0 Å². The molecule has 0 saturated heterocycles. The first-order chi connectivity index (χ1) is 8.02. The van der Waals surface area contributed by atoms with Crippen LogP contribution in [0.3, 0.4) is 0 Å². The highest BCUT2D eigenvalue weighted by Crippen LogP contribution is 2.35. The van der Waals surface area contributed by atoms with E-state index in [2.05, 4.69) is 37.9 Å². The highest BCUT2D eigenvalue weighted by molar-refractivity contribution is 7.15. The molecule has 1 heterocycles. The Hall–Kier alpha value is -1.19. The van der Waals surface area contributed by atoms with Gasteiger partial charge in [-0.25, -0.2) is 4.98 Å². The number of benzene rings is 1. The molecule has 1 aromatic heterocycles. The molecule has 90 valence electrons. The van der Waals surface area contributed by atoms with E-state index in [1.807, 2.05) is 6.92 Å². The minimum atomic E-state index is 0.506. The van der Waals surface area contributed by atoms with Crippen LogP contribution in [0, 0.1) is 27.7 Å². The summed E-state index contributed by atoms with van der Waals surface area (Å²) in [5.74, 6) is 0. The first kappa shape index (κ1) is 12.3. The number of aromatic nitrogens is 1. The molecule has 2 rings (SSSR count). The molecule has 0 spiro atoms. The van der Waals surface area contributed by atoms with E-state index in [4.69, 9.17) is 5.73 Å².